The summed E-state index contributed by atoms with van der Waals surface area (Å²) in [5, 5.41) is 12.3. The fourth-order valence-corrected chi connectivity index (χ4v) is 6.80. The molecule has 0 aromatic carbocycles. The second-order valence-electron chi connectivity index (χ2n) is 11.8. The molecule has 12 nitrogen and oxygen atoms in total. The second kappa shape index (κ2) is 12.6. The number of methoxy groups -OCH3 is 1. The van der Waals surface area contributed by atoms with Crippen LogP contribution in [0.1, 0.15) is 68.2 Å². The smallest absolute Gasteiger partial charge is 0.330 e. The van der Waals surface area contributed by atoms with Crippen LogP contribution >= 0.6 is 11.5 Å². The summed E-state index contributed by atoms with van der Waals surface area (Å²) in [6.45, 7) is 8.23. The number of rotatable bonds is 11. The summed E-state index contributed by atoms with van der Waals surface area (Å²) in [6, 6.07) is 2.03. The van der Waals surface area contributed by atoms with E-state index in [9.17, 15) is 24.0 Å². The number of fused-ring (bicyclic) bond motifs is 2. The maximum Gasteiger partial charge on any atom is 0.330 e. The molecule has 2 bridgehead atoms. The average molecular weight is 599 g/mol. The van der Waals surface area contributed by atoms with E-state index in [1.165, 1.54) is 42.5 Å². The van der Waals surface area contributed by atoms with Crippen LogP contribution in [0.5, 0.6) is 0 Å². The number of nitrogens with one attached hydrogen (secondary N) is 3. The zero-order valence-corrected chi connectivity index (χ0v) is 25.4. The van der Waals surface area contributed by atoms with Gasteiger partial charge in [0.2, 0.25) is 11.8 Å². The predicted octanol–water partition coefficient (Wildman–Crippen LogP) is 2.59. The van der Waals surface area contributed by atoms with Crippen molar-refractivity contribution in [3.05, 3.63) is 51.4 Å². The van der Waals surface area contributed by atoms with Gasteiger partial charge in [0.25, 0.3) is 11.5 Å². The number of pyridine rings is 1. The van der Waals surface area contributed by atoms with E-state index in [0.717, 1.165) is 24.4 Å². The minimum absolute atomic E-state index is 0.00732. The Kier molecular flexibility index (Phi) is 9.29. The van der Waals surface area contributed by atoms with E-state index in [1.807, 2.05) is 0 Å². The van der Waals surface area contributed by atoms with Gasteiger partial charge in [0.1, 0.15) is 23.2 Å². The van der Waals surface area contributed by atoms with Crippen molar-refractivity contribution >= 4 is 40.9 Å². The topological polar surface area (TPSA) is 161 Å². The highest BCUT2D eigenvalue weighted by molar-refractivity contribution is 7.08. The van der Waals surface area contributed by atoms with Crippen molar-refractivity contribution in [2.75, 3.05) is 12.4 Å². The molecule has 42 heavy (non-hydrogen) atoms. The summed E-state index contributed by atoms with van der Waals surface area (Å²) in [6.07, 6.45) is 7.82. The van der Waals surface area contributed by atoms with Crippen LogP contribution in [0, 0.1) is 23.7 Å². The van der Waals surface area contributed by atoms with Crippen molar-refractivity contribution < 1.29 is 23.9 Å². The molecule has 2 aliphatic rings. The molecule has 2 unspecified atom stereocenters. The highest BCUT2D eigenvalue weighted by atomic mass is 32.1. The van der Waals surface area contributed by atoms with Crippen molar-refractivity contribution in [2.45, 2.75) is 78.4 Å². The molecule has 0 saturated heterocycles. The number of allylic oxidation sites excluding steroid dienone is 1. The standard InChI is InChI=1S/C29H38N6O6S/c1-17-24(42-34-33-17)26(39)30-19(9-6-7-11-23(37)41-5)25(38)31-20-10-8-14-35(27(20)40)16-22(36)32-21-15-18-12-13-29(21,4)28(18,2)3/h7-8,10-11,14,18-19,21H,6,9,12-13,15-16H2,1-5H3,(H,30,39)(H,31,38)(H,32,36)/b11-7+/t18?,19-,21?,29-/m0/s1. The van der Waals surface area contributed by atoms with Crippen molar-refractivity contribution in [3.63, 3.8) is 0 Å². The summed E-state index contributed by atoms with van der Waals surface area (Å²) in [5.41, 5.74) is 0.00624. The molecule has 3 amide bonds. The fraction of sp³-hybridized carbons (Fsp3) is 0.552. The molecule has 2 heterocycles. The highest BCUT2D eigenvalue weighted by Gasteiger charge is 2.61. The van der Waals surface area contributed by atoms with E-state index >= 15 is 0 Å². The normalized spacial score (nSPS) is 23.0. The van der Waals surface area contributed by atoms with Gasteiger partial charge in [-0.3, -0.25) is 19.2 Å². The van der Waals surface area contributed by atoms with Gasteiger partial charge in [-0.1, -0.05) is 31.3 Å². The maximum absolute atomic E-state index is 13.3. The molecule has 4 rings (SSSR count). The number of nitrogens with zero attached hydrogens (tertiary/aromatic N) is 3. The first-order valence-electron chi connectivity index (χ1n) is 14.0. The molecular formula is C29H38N6O6S. The third-order valence-corrected chi connectivity index (χ3v) is 10.1. The zero-order valence-electron chi connectivity index (χ0n) is 24.6. The number of aromatic nitrogens is 3. The average Bonchev–Trinajstić information content (AvgIpc) is 3.53. The minimum Gasteiger partial charge on any atom is -0.466 e. The lowest BCUT2D eigenvalue weighted by Gasteiger charge is -2.39. The van der Waals surface area contributed by atoms with Crippen LogP contribution in [-0.4, -0.2) is 57.0 Å². The largest absolute Gasteiger partial charge is 0.466 e. The Morgan fingerprint density at radius 3 is 2.64 bits per heavy atom. The summed E-state index contributed by atoms with van der Waals surface area (Å²) < 4.78 is 9.58. The lowest BCUT2D eigenvalue weighted by atomic mass is 9.69. The van der Waals surface area contributed by atoms with Gasteiger partial charge in [-0.05, 0) is 79.4 Å². The third kappa shape index (κ3) is 6.30. The third-order valence-electron chi connectivity index (χ3n) is 9.28. The van der Waals surface area contributed by atoms with Gasteiger partial charge in [-0.15, -0.1) is 5.10 Å². The second-order valence-corrected chi connectivity index (χ2v) is 12.5. The van der Waals surface area contributed by atoms with E-state index in [-0.39, 0.29) is 52.7 Å². The van der Waals surface area contributed by atoms with Crippen LogP contribution in [0.4, 0.5) is 5.69 Å². The van der Waals surface area contributed by atoms with Gasteiger partial charge < -0.3 is 25.3 Å². The molecule has 3 N–H and O–H groups in total. The first-order chi connectivity index (χ1) is 19.9. The van der Waals surface area contributed by atoms with Crippen molar-refractivity contribution in [3.8, 4) is 0 Å². The van der Waals surface area contributed by atoms with Crippen LogP contribution in [0.25, 0.3) is 0 Å². The Morgan fingerprint density at radius 2 is 2.02 bits per heavy atom. The molecule has 2 aliphatic carbocycles. The van der Waals surface area contributed by atoms with Gasteiger partial charge in [-0.2, -0.15) is 0 Å². The Hall–Kier alpha value is -3.87. The summed E-state index contributed by atoms with van der Waals surface area (Å²) in [7, 11) is 1.25. The highest BCUT2D eigenvalue weighted by Crippen LogP contribution is 2.65. The van der Waals surface area contributed by atoms with E-state index in [2.05, 4.69) is 51.0 Å². The fourth-order valence-electron chi connectivity index (χ4n) is 6.24. The number of amides is 3. The molecule has 2 fully saturated rings. The molecule has 13 heteroatoms. The molecule has 2 saturated carbocycles. The van der Waals surface area contributed by atoms with Crippen LogP contribution in [0.15, 0.2) is 35.3 Å². The van der Waals surface area contributed by atoms with Gasteiger partial charge in [0, 0.05) is 18.3 Å². The van der Waals surface area contributed by atoms with Gasteiger partial charge >= 0.3 is 5.97 Å². The number of hydrogen-bond acceptors (Lipinski definition) is 9. The molecular weight excluding hydrogens is 560 g/mol. The Balaban J connectivity index is 1.43. The number of carbonyl (C=O) groups excluding carboxylic acids is 4. The summed E-state index contributed by atoms with van der Waals surface area (Å²) in [5.74, 6) is -1.39. The van der Waals surface area contributed by atoms with Crippen LogP contribution in [-0.2, 0) is 25.7 Å². The van der Waals surface area contributed by atoms with Crippen molar-refractivity contribution in [1.29, 1.82) is 0 Å². The maximum atomic E-state index is 13.3. The SMILES string of the molecule is COC(=O)/C=C/CC[C@H](NC(=O)c1snnc1C)C(=O)Nc1cccn(CC(=O)NC2CC3CC[C@]2(C)C3(C)C)c1=O. The van der Waals surface area contributed by atoms with Crippen LogP contribution in [0.3, 0.4) is 0 Å². The number of hydrogen-bond donors (Lipinski definition) is 3. The van der Waals surface area contributed by atoms with E-state index in [1.54, 1.807) is 13.0 Å². The van der Waals surface area contributed by atoms with E-state index in [4.69, 9.17) is 0 Å². The lowest BCUT2D eigenvalue weighted by Crippen LogP contribution is -2.48. The van der Waals surface area contributed by atoms with E-state index in [0.29, 0.717) is 11.6 Å². The number of ether oxygens (including phenoxy) is 1. The van der Waals surface area contributed by atoms with Crippen molar-refractivity contribution in [2.24, 2.45) is 16.7 Å². The van der Waals surface area contributed by atoms with Gasteiger partial charge in [0.05, 0.1) is 12.8 Å². The summed E-state index contributed by atoms with van der Waals surface area (Å²) >= 11 is 0.904. The van der Waals surface area contributed by atoms with Gasteiger partial charge in [-0.25, -0.2) is 4.79 Å². The lowest BCUT2D eigenvalue weighted by molar-refractivity contribution is -0.134. The molecule has 2 aromatic rings. The molecule has 226 valence electrons. The number of aryl methyl sites for hydroxylation is 1. The monoisotopic (exact) mass is 598 g/mol. The minimum atomic E-state index is -1.04. The zero-order chi connectivity index (χ0) is 30.7. The Labute approximate surface area is 248 Å². The Bertz CT molecular complexity index is 1450. The van der Waals surface area contributed by atoms with Crippen LogP contribution in [0.2, 0.25) is 0 Å². The molecule has 2 aromatic heterocycles. The number of carbonyl (C=O) groups is 4. The van der Waals surface area contributed by atoms with Crippen LogP contribution < -0.4 is 21.5 Å². The molecule has 0 spiro atoms. The molecule has 4 atom stereocenters. The quantitative estimate of drug-likeness (QED) is 0.263. The summed E-state index contributed by atoms with van der Waals surface area (Å²) in [4.78, 5) is 64.0. The predicted molar refractivity (Wildman–Crippen MR) is 157 cm³/mol. The van der Waals surface area contributed by atoms with Gasteiger partial charge in [0.15, 0.2) is 0 Å². The Morgan fingerprint density at radius 1 is 1.26 bits per heavy atom. The first kappa shape index (κ1) is 31.1. The van der Waals surface area contributed by atoms with E-state index < -0.39 is 29.4 Å². The number of anilines is 1. The number of esters is 1. The molecule has 0 radical (unpaired) electrons. The first-order valence-corrected chi connectivity index (χ1v) is 14.8. The van der Waals surface area contributed by atoms with Crippen molar-refractivity contribution in [1.82, 2.24) is 24.8 Å². The molecule has 0 aliphatic heterocycles.